The van der Waals surface area contributed by atoms with Crippen molar-refractivity contribution >= 4 is 30.7 Å². The van der Waals surface area contributed by atoms with E-state index in [0.717, 1.165) is 25.3 Å². The fourth-order valence-electron chi connectivity index (χ4n) is 4.85. The monoisotopic (exact) mass is 393 g/mol. The Labute approximate surface area is 166 Å². The molecule has 0 aromatic heterocycles. The number of hydrogen-bond acceptors (Lipinski definition) is 3. The van der Waals surface area contributed by atoms with Crippen LogP contribution in [0.25, 0.3) is 0 Å². The quantitative estimate of drug-likeness (QED) is 0.651. The largest absolute Gasteiger partial charge is 0.356 e. The lowest BCUT2D eigenvalue weighted by atomic mass is 9.89. The van der Waals surface area contributed by atoms with Crippen LogP contribution in [-0.2, 0) is 4.79 Å². The van der Waals surface area contributed by atoms with Gasteiger partial charge in [-0.25, -0.2) is 0 Å². The topological polar surface area (TPSA) is 44.4 Å². The van der Waals surface area contributed by atoms with E-state index in [9.17, 15) is 4.79 Å². The van der Waals surface area contributed by atoms with Gasteiger partial charge in [0, 0.05) is 31.6 Å². The second-order valence-corrected chi connectivity index (χ2v) is 8.28. The standard InChI is InChI=1S/C19H35N3O.2ClH/c1-15-5-4-10-22(14-15)9-3-2-8-20-19(23)13-16-11-17-6-7-18(12-16)21-17;;/h15-18,21H,2-14H2,1H3,(H,20,23);2*1H. The van der Waals surface area contributed by atoms with Crippen LogP contribution in [0, 0.1) is 11.8 Å². The molecule has 4 nitrogen and oxygen atoms in total. The fraction of sp³-hybridized carbons (Fsp3) is 0.947. The first kappa shape index (κ1) is 23.0. The fourth-order valence-corrected chi connectivity index (χ4v) is 4.85. The summed E-state index contributed by atoms with van der Waals surface area (Å²) in [6.07, 6.45) is 10.9. The number of likely N-dealkylation sites (tertiary alicyclic amines) is 1. The molecule has 0 saturated carbocycles. The number of carbonyl (C=O) groups is 1. The number of rotatable bonds is 7. The van der Waals surface area contributed by atoms with Gasteiger partial charge < -0.3 is 15.5 Å². The maximum Gasteiger partial charge on any atom is 0.220 e. The Balaban J connectivity index is 0.00000156. The molecule has 3 rings (SSSR count). The predicted molar refractivity (Wildman–Crippen MR) is 109 cm³/mol. The van der Waals surface area contributed by atoms with Gasteiger partial charge in [0.1, 0.15) is 0 Å². The lowest BCUT2D eigenvalue weighted by Gasteiger charge is -2.30. The zero-order chi connectivity index (χ0) is 16.1. The Morgan fingerprint density at radius 1 is 1.12 bits per heavy atom. The van der Waals surface area contributed by atoms with Crippen LogP contribution in [0.15, 0.2) is 0 Å². The zero-order valence-electron chi connectivity index (χ0n) is 15.7. The number of nitrogens with zero attached hydrogens (tertiary/aromatic N) is 1. The number of hydrogen-bond donors (Lipinski definition) is 2. The minimum Gasteiger partial charge on any atom is -0.356 e. The minimum absolute atomic E-state index is 0. The van der Waals surface area contributed by atoms with Crippen molar-refractivity contribution < 1.29 is 4.79 Å². The number of nitrogens with one attached hydrogen (secondary N) is 2. The van der Waals surface area contributed by atoms with E-state index >= 15 is 0 Å². The van der Waals surface area contributed by atoms with Gasteiger partial charge >= 0.3 is 0 Å². The summed E-state index contributed by atoms with van der Waals surface area (Å²) in [6.45, 7) is 6.97. The van der Waals surface area contributed by atoms with Crippen LogP contribution < -0.4 is 10.6 Å². The van der Waals surface area contributed by atoms with E-state index in [-0.39, 0.29) is 30.7 Å². The second kappa shape index (κ2) is 11.6. The van der Waals surface area contributed by atoms with E-state index in [0.29, 0.717) is 18.0 Å². The van der Waals surface area contributed by atoms with Crippen molar-refractivity contribution in [3.8, 4) is 0 Å². The average Bonchev–Trinajstić information content (AvgIpc) is 2.86. The molecule has 25 heavy (non-hydrogen) atoms. The average molecular weight is 394 g/mol. The number of amides is 1. The third kappa shape index (κ3) is 7.62. The highest BCUT2D eigenvalue weighted by Crippen LogP contribution is 2.32. The van der Waals surface area contributed by atoms with Gasteiger partial charge in [0.25, 0.3) is 0 Å². The molecule has 3 unspecified atom stereocenters. The van der Waals surface area contributed by atoms with E-state index in [4.69, 9.17) is 0 Å². The molecule has 6 heteroatoms. The first-order valence-corrected chi connectivity index (χ1v) is 9.94. The Bertz CT molecular complexity index is 385. The number of halogens is 2. The molecule has 3 atom stereocenters. The van der Waals surface area contributed by atoms with E-state index in [1.165, 1.54) is 64.6 Å². The van der Waals surface area contributed by atoms with Gasteiger partial charge in [-0.05, 0) is 76.3 Å². The van der Waals surface area contributed by atoms with Crippen molar-refractivity contribution in [2.75, 3.05) is 26.2 Å². The number of carbonyl (C=O) groups excluding carboxylic acids is 1. The van der Waals surface area contributed by atoms with Gasteiger partial charge in [0.15, 0.2) is 0 Å². The summed E-state index contributed by atoms with van der Waals surface area (Å²) in [4.78, 5) is 14.7. The van der Waals surface area contributed by atoms with Crippen LogP contribution in [0.4, 0.5) is 0 Å². The summed E-state index contributed by atoms with van der Waals surface area (Å²) < 4.78 is 0. The Kier molecular flexibility index (Phi) is 10.7. The summed E-state index contributed by atoms with van der Waals surface area (Å²) >= 11 is 0. The lowest BCUT2D eigenvalue weighted by Crippen LogP contribution is -2.39. The summed E-state index contributed by atoms with van der Waals surface area (Å²) in [5, 5.41) is 6.80. The van der Waals surface area contributed by atoms with E-state index in [1.54, 1.807) is 0 Å². The molecule has 1 amide bonds. The highest BCUT2D eigenvalue weighted by Gasteiger charge is 2.34. The van der Waals surface area contributed by atoms with Crippen molar-refractivity contribution in [2.24, 2.45) is 11.8 Å². The summed E-state index contributed by atoms with van der Waals surface area (Å²) in [5.74, 6) is 1.76. The van der Waals surface area contributed by atoms with Crippen LogP contribution in [0.1, 0.15) is 64.7 Å². The number of piperidine rings is 2. The molecule has 148 valence electrons. The maximum atomic E-state index is 12.1. The maximum absolute atomic E-state index is 12.1. The molecular formula is C19H37Cl2N3O. The van der Waals surface area contributed by atoms with Crippen molar-refractivity contribution in [1.29, 1.82) is 0 Å². The molecule has 3 fully saturated rings. The first-order valence-electron chi connectivity index (χ1n) is 9.94. The van der Waals surface area contributed by atoms with Crippen LogP contribution >= 0.6 is 24.8 Å². The molecule has 0 radical (unpaired) electrons. The van der Waals surface area contributed by atoms with Crippen LogP contribution in [0.3, 0.4) is 0 Å². The van der Waals surface area contributed by atoms with Gasteiger partial charge in [-0.2, -0.15) is 0 Å². The Morgan fingerprint density at radius 2 is 1.84 bits per heavy atom. The molecule has 3 aliphatic heterocycles. The number of unbranched alkanes of at least 4 members (excludes halogenated alkanes) is 1. The van der Waals surface area contributed by atoms with Gasteiger partial charge in [-0.1, -0.05) is 6.92 Å². The third-order valence-corrected chi connectivity index (χ3v) is 6.01. The zero-order valence-corrected chi connectivity index (χ0v) is 17.3. The minimum atomic E-state index is 0. The van der Waals surface area contributed by atoms with Crippen LogP contribution in [0.2, 0.25) is 0 Å². The Hall–Kier alpha value is -0.0300. The molecule has 0 aromatic carbocycles. The first-order chi connectivity index (χ1) is 11.2. The van der Waals surface area contributed by atoms with Gasteiger partial charge in [0.05, 0.1) is 0 Å². The molecule has 2 bridgehead atoms. The highest BCUT2D eigenvalue weighted by atomic mass is 35.5. The molecule has 3 heterocycles. The molecule has 0 aliphatic carbocycles. The Morgan fingerprint density at radius 3 is 2.52 bits per heavy atom. The van der Waals surface area contributed by atoms with Gasteiger partial charge in [-0.3, -0.25) is 4.79 Å². The third-order valence-electron chi connectivity index (χ3n) is 6.01. The summed E-state index contributed by atoms with van der Waals surface area (Å²) in [7, 11) is 0. The number of fused-ring (bicyclic) bond motifs is 2. The second-order valence-electron chi connectivity index (χ2n) is 8.28. The predicted octanol–water partition coefficient (Wildman–Crippen LogP) is 3.38. The van der Waals surface area contributed by atoms with Crippen LogP contribution in [0.5, 0.6) is 0 Å². The van der Waals surface area contributed by atoms with E-state index < -0.39 is 0 Å². The van der Waals surface area contributed by atoms with Crippen molar-refractivity contribution in [2.45, 2.75) is 76.8 Å². The molecule has 3 saturated heterocycles. The highest BCUT2D eigenvalue weighted by molar-refractivity contribution is 5.85. The van der Waals surface area contributed by atoms with Crippen molar-refractivity contribution in [3.63, 3.8) is 0 Å². The van der Waals surface area contributed by atoms with Crippen molar-refractivity contribution in [3.05, 3.63) is 0 Å². The van der Waals surface area contributed by atoms with E-state index in [2.05, 4.69) is 22.5 Å². The van der Waals surface area contributed by atoms with Crippen molar-refractivity contribution in [1.82, 2.24) is 15.5 Å². The SMILES string of the molecule is CC1CCCN(CCCCNC(=O)CC2CC3CCC(C2)N3)C1.Cl.Cl. The van der Waals surface area contributed by atoms with E-state index in [1.807, 2.05) is 0 Å². The van der Waals surface area contributed by atoms with Gasteiger partial charge in [0.2, 0.25) is 5.91 Å². The molecule has 2 N–H and O–H groups in total. The van der Waals surface area contributed by atoms with Gasteiger partial charge in [-0.15, -0.1) is 24.8 Å². The summed E-state index contributed by atoms with van der Waals surface area (Å²) in [5.41, 5.74) is 0. The molecule has 3 aliphatic rings. The normalized spacial score (nSPS) is 31.7. The van der Waals surface area contributed by atoms with Crippen LogP contribution in [-0.4, -0.2) is 49.1 Å². The molecule has 0 spiro atoms. The molecular weight excluding hydrogens is 357 g/mol. The smallest absolute Gasteiger partial charge is 0.220 e. The molecule has 0 aromatic rings. The summed E-state index contributed by atoms with van der Waals surface area (Å²) in [6, 6.07) is 1.39. The lowest BCUT2D eigenvalue weighted by molar-refractivity contribution is -0.122.